The number of nitrogens with zero attached hydrogens (tertiary/aromatic N) is 5. The van der Waals surface area contributed by atoms with Crippen LogP contribution in [-0.4, -0.2) is 23.7 Å². The SMILES string of the molecule is CC12c3ccccc3-c3c1c([c-]c1c3c3ccccc3n1-c1[c-]c3c(cc1)c1ccccc1n3-c1ccccn1)-c1nc3ccccc3n1-c1ccccc12.[Pt+2]. The van der Waals surface area contributed by atoms with Crippen LogP contribution in [0.1, 0.15) is 23.6 Å². The van der Waals surface area contributed by atoms with Crippen molar-refractivity contribution in [2.75, 3.05) is 0 Å². The molecule has 5 nitrogen and oxygen atoms in total. The molecular formula is C50H29N5Pt. The standard InChI is InChI=1S/C50H29N5.Pt/c1-50-36-17-5-2-15-33(36)47-46-34-16-4-9-21-40(34)53(30-25-26-32-31-14-3-8-20-39(31)54(43(32)28-30)45-24-12-13-27-51-45)44(46)29-35(48(47)50)49-52-38-19-7-11-23-42(38)55(49)41-22-10-6-18-37(41)50;/h2-27H,1H3;/q-2;+2. The summed E-state index contributed by atoms with van der Waals surface area (Å²) in [7, 11) is 0. The smallest absolute Gasteiger partial charge is 0.352 e. The molecule has 0 bridgehead atoms. The van der Waals surface area contributed by atoms with E-state index < -0.39 is 5.41 Å². The van der Waals surface area contributed by atoms with E-state index >= 15 is 0 Å². The topological polar surface area (TPSA) is 40.6 Å². The number of hydrogen-bond donors (Lipinski definition) is 0. The molecule has 5 heterocycles. The Balaban J connectivity index is 0.00000345. The molecule has 7 aromatic carbocycles. The van der Waals surface area contributed by atoms with Gasteiger partial charge in [0.25, 0.3) is 0 Å². The molecule has 1 atom stereocenters. The normalized spacial score (nSPS) is 15.2. The molecule has 0 spiro atoms. The van der Waals surface area contributed by atoms with E-state index in [0.29, 0.717) is 0 Å². The predicted octanol–water partition coefficient (Wildman–Crippen LogP) is 11.5. The van der Waals surface area contributed by atoms with Crippen LogP contribution in [0, 0.1) is 12.1 Å². The number of benzene rings is 7. The van der Waals surface area contributed by atoms with E-state index in [1.54, 1.807) is 0 Å². The minimum absolute atomic E-state index is 0. The number of rotatable bonds is 2. The van der Waals surface area contributed by atoms with Gasteiger partial charge in [0.05, 0.1) is 16.9 Å². The molecular weight excluding hydrogens is 866 g/mol. The minimum atomic E-state index is -0.442. The summed E-state index contributed by atoms with van der Waals surface area (Å²) in [4.78, 5) is 10.2. The van der Waals surface area contributed by atoms with Crippen LogP contribution in [0.3, 0.4) is 0 Å². The molecule has 264 valence electrons. The molecule has 0 saturated carbocycles. The summed E-state index contributed by atoms with van der Waals surface area (Å²) in [6.07, 6.45) is 1.85. The molecule has 56 heavy (non-hydrogen) atoms. The third kappa shape index (κ3) is 3.83. The summed E-state index contributed by atoms with van der Waals surface area (Å²) in [6, 6.07) is 62.3. The Kier molecular flexibility index (Phi) is 6.38. The summed E-state index contributed by atoms with van der Waals surface area (Å²) in [5.74, 6) is 1.78. The van der Waals surface area contributed by atoms with Crippen molar-refractivity contribution in [3.05, 3.63) is 187 Å². The molecule has 1 aliphatic heterocycles. The van der Waals surface area contributed by atoms with Gasteiger partial charge in [-0.2, -0.15) is 6.07 Å². The first kappa shape index (κ1) is 31.8. The summed E-state index contributed by atoms with van der Waals surface area (Å²) >= 11 is 0. The third-order valence-corrected chi connectivity index (χ3v) is 12.3. The van der Waals surface area contributed by atoms with Crippen molar-refractivity contribution in [3.8, 4) is 39.7 Å². The van der Waals surface area contributed by atoms with Gasteiger partial charge < -0.3 is 13.7 Å². The number of aromatic nitrogens is 5. The second-order valence-electron chi connectivity index (χ2n) is 14.9. The summed E-state index contributed by atoms with van der Waals surface area (Å²) < 4.78 is 6.97. The van der Waals surface area contributed by atoms with Gasteiger partial charge in [-0.3, -0.25) is 4.98 Å². The van der Waals surface area contributed by atoms with Crippen molar-refractivity contribution in [1.82, 2.24) is 23.7 Å². The van der Waals surface area contributed by atoms with E-state index in [9.17, 15) is 0 Å². The summed E-state index contributed by atoms with van der Waals surface area (Å²) in [6.45, 7) is 2.41. The van der Waals surface area contributed by atoms with Crippen molar-refractivity contribution >= 4 is 54.6 Å². The average Bonchev–Trinajstić information content (AvgIpc) is 3.95. The van der Waals surface area contributed by atoms with Gasteiger partial charge >= 0.3 is 21.1 Å². The van der Waals surface area contributed by atoms with Crippen molar-refractivity contribution < 1.29 is 21.1 Å². The zero-order valence-electron chi connectivity index (χ0n) is 30.1. The van der Waals surface area contributed by atoms with E-state index in [4.69, 9.17) is 9.97 Å². The number of fused-ring (bicyclic) bond motifs is 17. The fourth-order valence-electron chi connectivity index (χ4n) is 10.0. The van der Waals surface area contributed by atoms with Gasteiger partial charge in [0.2, 0.25) is 0 Å². The maximum Gasteiger partial charge on any atom is 2.00 e. The largest absolute Gasteiger partial charge is 2.00 e. The molecule has 2 aliphatic rings. The molecule has 6 heteroatoms. The molecule has 1 unspecified atom stereocenters. The zero-order valence-corrected chi connectivity index (χ0v) is 32.3. The number of pyridine rings is 1. The van der Waals surface area contributed by atoms with Crippen LogP contribution < -0.4 is 0 Å². The number of imidazole rings is 1. The molecule has 0 saturated heterocycles. The molecule has 4 aromatic heterocycles. The fraction of sp³-hybridized carbons (Fsp3) is 0.0400. The van der Waals surface area contributed by atoms with Crippen molar-refractivity contribution in [2.24, 2.45) is 0 Å². The monoisotopic (exact) mass is 894 g/mol. The molecule has 0 radical (unpaired) electrons. The number of para-hydroxylation sites is 5. The zero-order chi connectivity index (χ0) is 36.0. The van der Waals surface area contributed by atoms with Crippen LogP contribution in [-0.2, 0) is 26.5 Å². The molecule has 1 aliphatic carbocycles. The first-order valence-corrected chi connectivity index (χ1v) is 18.8. The van der Waals surface area contributed by atoms with Crippen molar-refractivity contribution in [2.45, 2.75) is 12.3 Å². The molecule has 0 fully saturated rings. The van der Waals surface area contributed by atoms with Gasteiger partial charge in [-0.1, -0.05) is 126 Å². The predicted molar refractivity (Wildman–Crippen MR) is 222 cm³/mol. The summed E-state index contributed by atoms with van der Waals surface area (Å²) in [5, 5.41) is 4.70. The Labute approximate surface area is 336 Å². The Bertz CT molecular complexity index is 3460. The van der Waals surface area contributed by atoms with E-state index in [0.717, 1.165) is 67.1 Å². The van der Waals surface area contributed by atoms with Crippen molar-refractivity contribution in [3.63, 3.8) is 0 Å². The number of hydrogen-bond acceptors (Lipinski definition) is 2. The summed E-state index contributed by atoms with van der Waals surface area (Å²) in [5.41, 5.74) is 15.3. The van der Waals surface area contributed by atoms with Gasteiger partial charge in [-0.15, -0.1) is 34.7 Å². The van der Waals surface area contributed by atoms with E-state index in [2.05, 4.69) is 172 Å². The minimum Gasteiger partial charge on any atom is -0.352 e. The van der Waals surface area contributed by atoms with Crippen LogP contribution in [0.25, 0.3) is 94.4 Å². The van der Waals surface area contributed by atoms with Crippen LogP contribution in [0.2, 0.25) is 0 Å². The Morgan fingerprint density at radius 1 is 0.554 bits per heavy atom. The fourth-order valence-corrected chi connectivity index (χ4v) is 10.0. The average molecular weight is 895 g/mol. The van der Waals surface area contributed by atoms with Crippen LogP contribution in [0.15, 0.2) is 158 Å². The van der Waals surface area contributed by atoms with Crippen LogP contribution in [0.5, 0.6) is 0 Å². The van der Waals surface area contributed by atoms with Gasteiger partial charge in [0, 0.05) is 28.3 Å². The van der Waals surface area contributed by atoms with E-state index in [1.807, 2.05) is 18.3 Å². The quantitative estimate of drug-likeness (QED) is 0.162. The second-order valence-corrected chi connectivity index (χ2v) is 14.9. The molecule has 0 amide bonds. The van der Waals surface area contributed by atoms with Gasteiger partial charge in [0.15, 0.2) is 0 Å². The van der Waals surface area contributed by atoms with Gasteiger partial charge in [-0.25, -0.2) is 4.98 Å². The Hall–Kier alpha value is -6.55. The molecule has 11 aromatic rings. The van der Waals surface area contributed by atoms with Crippen LogP contribution in [0.4, 0.5) is 0 Å². The maximum absolute atomic E-state index is 5.43. The molecule has 13 rings (SSSR count). The maximum atomic E-state index is 5.43. The first-order valence-electron chi connectivity index (χ1n) is 18.8. The van der Waals surface area contributed by atoms with Crippen LogP contribution >= 0.6 is 0 Å². The van der Waals surface area contributed by atoms with Gasteiger partial charge in [-0.05, 0) is 75.4 Å². The third-order valence-electron chi connectivity index (χ3n) is 12.3. The molecule has 0 N–H and O–H groups in total. The van der Waals surface area contributed by atoms with Crippen molar-refractivity contribution in [1.29, 1.82) is 0 Å². The second kappa shape index (κ2) is 11.3. The van der Waals surface area contributed by atoms with E-state index in [1.165, 1.54) is 44.0 Å². The first-order chi connectivity index (χ1) is 27.2. The van der Waals surface area contributed by atoms with E-state index in [-0.39, 0.29) is 21.1 Å². The Morgan fingerprint density at radius 2 is 1.25 bits per heavy atom. The van der Waals surface area contributed by atoms with Gasteiger partial charge in [0.1, 0.15) is 5.82 Å². The Morgan fingerprint density at radius 3 is 2.09 bits per heavy atom.